The second-order valence-electron chi connectivity index (χ2n) is 6.50. The van der Waals surface area contributed by atoms with E-state index in [1.165, 1.54) is 29.5 Å². The molecule has 148 valence electrons. The zero-order valence-corrected chi connectivity index (χ0v) is 17.8. The van der Waals surface area contributed by atoms with Gasteiger partial charge in [0.25, 0.3) is 11.1 Å². The number of aromatic nitrogens is 1. The van der Waals surface area contributed by atoms with Crippen LogP contribution < -0.4 is 10.1 Å². The van der Waals surface area contributed by atoms with Crippen LogP contribution in [0.3, 0.4) is 0 Å². The summed E-state index contributed by atoms with van der Waals surface area (Å²) in [5.74, 6) is 5.57. The number of nitrogens with zero attached hydrogens (tertiary/aromatic N) is 1. The number of carbonyl (C=O) groups excluding carboxylic acids is 1. The molecule has 1 N–H and O–H groups in total. The second-order valence-corrected chi connectivity index (χ2v) is 8.34. The number of thiazole rings is 1. The van der Waals surface area contributed by atoms with Crippen molar-refractivity contribution in [3.63, 3.8) is 0 Å². The number of benzene rings is 2. The molecule has 3 rings (SSSR count). The van der Waals surface area contributed by atoms with Crippen LogP contribution in [0.1, 0.15) is 29.1 Å². The van der Waals surface area contributed by atoms with Crippen LogP contribution in [0.4, 0.5) is 4.39 Å². The van der Waals surface area contributed by atoms with E-state index in [0.717, 1.165) is 0 Å². The van der Waals surface area contributed by atoms with Gasteiger partial charge in [0.05, 0.1) is 22.3 Å². The Kier molecular flexibility index (Phi) is 6.43. The predicted octanol–water partition coefficient (Wildman–Crippen LogP) is 5.94. The highest BCUT2D eigenvalue weighted by Crippen LogP contribution is 2.26. The molecule has 3 aromatic rings. The number of hydrogen-bond acceptors (Lipinski definition) is 4. The molecule has 0 unspecified atom stereocenters. The van der Waals surface area contributed by atoms with Gasteiger partial charge in [-0.2, -0.15) is 0 Å². The van der Waals surface area contributed by atoms with Crippen molar-refractivity contribution < 1.29 is 13.9 Å². The summed E-state index contributed by atoms with van der Waals surface area (Å²) in [4.78, 5) is 17.2. The fourth-order valence-corrected chi connectivity index (χ4v) is 3.40. The molecule has 0 radical (unpaired) electrons. The van der Waals surface area contributed by atoms with E-state index in [4.69, 9.17) is 27.9 Å². The summed E-state index contributed by atoms with van der Waals surface area (Å²) in [6.45, 7) is 3.54. The topological polar surface area (TPSA) is 51.2 Å². The zero-order valence-electron chi connectivity index (χ0n) is 15.4. The summed E-state index contributed by atoms with van der Waals surface area (Å²) in [5.41, 5.74) is -0.511. The molecule has 0 fully saturated rings. The average Bonchev–Trinajstić information content (AvgIpc) is 3.07. The van der Waals surface area contributed by atoms with Crippen LogP contribution in [0.5, 0.6) is 10.9 Å². The Bertz CT molecular complexity index is 1120. The molecule has 0 aliphatic heterocycles. The van der Waals surface area contributed by atoms with Crippen molar-refractivity contribution in [2.45, 2.75) is 19.4 Å². The molecule has 8 heteroatoms. The van der Waals surface area contributed by atoms with Crippen LogP contribution in [0.15, 0.2) is 48.7 Å². The number of amides is 1. The van der Waals surface area contributed by atoms with E-state index in [1.807, 2.05) is 0 Å². The summed E-state index contributed by atoms with van der Waals surface area (Å²) in [6, 6.07) is 10.5. The van der Waals surface area contributed by atoms with Gasteiger partial charge in [0.1, 0.15) is 16.4 Å². The van der Waals surface area contributed by atoms with Gasteiger partial charge >= 0.3 is 0 Å². The first-order chi connectivity index (χ1) is 13.7. The van der Waals surface area contributed by atoms with Crippen molar-refractivity contribution in [3.8, 4) is 22.8 Å². The Labute approximate surface area is 181 Å². The van der Waals surface area contributed by atoms with Gasteiger partial charge in [0.15, 0.2) is 0 Å². The molecule has 1 amide bonds. The summed E-state index contributed by atoms with van der Waals surface area (Å²) < 4.78 is 18.8. The molecule has 0 saturated heterocycles. The highest BCUT2D eigenvalue weighted by Gasteiger charge is 2.20. The molecule has 0 aliphatic rings. The van der Waals surface area contributed by atoms with E-state index in [0.29, 0.717) is 26.4 Å². The van der Waals surface area contributed by atoms with Crippen molar-refractivity contribution in [1.29, 1.82) is 0 Å². The standard InChI is InChI=1S/C21H15Cl2FN2O2S/c1-21(2,26-19(27)17-7-6-13(22)10-18(17)23)9-8-16-12-25-20(29-16)28-15-5-3-4-14(24)11-15/h3-7,10-12H,1-2H3,(H,26,27). The molecule has 1 aromatic heterocycles. The monoisotopic (exact) mass is 448 g/mol. The predicted molar refractivity (Wildman–Crippen MR) is 113 cm³/mol. The largest absolute Gasteiger partial charge is 0.431 e. The van der Waals surface area contributed by atoms with Crippen molar-refractivity contribution in [2.24, 2.45) is 0 Å². The Balaban J connectivity index is 1.68. The number of nitrogens with one attached hydrogen (secondary N) is 1. The van der Waals surface area contributed by atoms with Crippen molar-refractivity contribution >= 4 is 40.4 Å². The lowest BCUT2D eigenvalue weighted by Gasteiger charge is -2.20. The average molecular weight is 449 g/mol. The SMILES string of the molecule is CC(C)(C#Cc1cnc(Oc2cccc(F)c2)s1)NC(=O)c1ccc(Cl)cc1Cl. The van der Waals surface area contributed by atoms with Crippen molar-refractivity contribution in [3.05, 3.63) is 75.0 Å². The fourth-order valence-electron chi connectivity index (χ4n) is 2.27. The van der Waals surface area contributed by atoms with E-state index in [1.54, 1.807) is 44.3 Å². The molecule has 0 aliphatic carbocycles. The van der Waals surface area contributed by atoms with Crippen molar-refractivity contribution in [2.75, 3.05) is 0 Å². The van der Waals surface area contributed by atoms with Crippen LogP contribution in [0.2, 0.25) is 10.0 Å². The van der Waals surface area contributed by atoms with Crippen LogP contribution in [0.25, 0.3) is 0 Å². The second kappa shape index (κ2) is 8.83. The molecular formula is C21H15Cl2FN2O2S. The minimum atomic E-state index is -0.826. The summed E-state index contributed by atoms with van der Waals surface area (Å²) in [7, 11) is 0. The maximum atomic E-state index is 13.2. The third-order valence-corrected chi connectivity index (χ3v) is 4.92. The van der Waals surface area contributed by atoms with Gasteiger partial charge in [0.2, 0.25) is 0 Å². The number of hydrogen-bond donors (Lipinski definition) is 1. The molecule has 29 heavy (non-hydrogen) atoms. The summed E-state index contributed by atoms with van der Waals surface area (Å²) in [6.07, 6.45) is 1.56. The third kappa shape index (κ3) is 5.94. The molecular weight excluding hydrogens is 434 g/mol. The Hall–Kier alpha value is -2.59. The molecule has 0 bridgehead atoms. The van der Waals surface area contributed by atoms with E-state index in [2.05, 4.69) is 22.1 Å². The quantitative estimate of drug-likeness (QED) is 0.502. The highest BCUT2D eigenvalue weighted by atomic mass is 35.5. The Morgan fingerprint density at radius 1 is 1.24 bits per heavy atom. The normalized spacial score (nSPS) is 10.8. The number of carbonyl (C=O) groups is 1. The first-order valence-electron chi connectivity index (χ1n) is 8.42. The zero-order chi connectivity index (χ0) is 21.0. The van der Waals surface area contributed by atoms with Gasteiger partial charge in [-0.05, 0) is 44.2 Å². The lowest BCUT2D eigenvalue weighted by Crippen LogP contribution is -2.42. The molecule has 0 atom stereocenters. The minimum absolute atomic E-state index is 0.264. The third-order valence-electron chi connectivity index (χ3n) is 3.59. The lowest BCUT2D eigenvalue weighted by molar-refractivity contribution is 0.0930. The maximum absolute atomic E-state index is 13.2. The van der Waals surface area contributed by atoms with E-state index in [-0.39, 0.29) is 10.9 Å². The highest BCUT2D eigenvalue weighted by molar-refractivity contribution is 7.13. The first kappa shape index (κ1) is 21.1. The van der Waals surface area contributed by atoms with Crippen LogP contribution in [0, 0.1) is 17.7 Å². The van der Waals surface area contributed by atoms with E-state index >= 15 is 0 Å². The van der Waals surface area contributed by atoms with Crippen molar-refractivity contribution in [1.82, 2.24) is 10.3 Å². The Morgan fingerprint density at radius 2 is 2.03 bits per heavy atom. The molecule has 0 saturated carbocycles. The fraction of sp³-hybridized carbons (Fsp3) is 0.143. The van der Waals surface area contributed by atoms with Gasteiger partial charge in [-0.15, -0.1) is 0 Å². The lowest BCUT2D eigenvalue weighted by atomic mass is 10.1. The first-order valence-corrected chi connectivity index (χ1v) is 9.99. The van der Waals surface area contributed by atoms with E-state index in [9.17, 15) is 9.18 Å². The number of rotatable bonds is 4. The van der Waals surface area contributed by atoms with E-state index < -0.39 is 11.4 Å². The van der Waals surface area contributed by atoms with Crippen LogP contribution in [-0.2, 0) is 0 Å². The Morgan fingerprint density at radius 3 is 2.76 bits per heavy atom. The minimum Gasteiger partial charge on any atom is -0.431 e. The molecule has 4 nitrogen and oxygen atoms in total. The summed E-state index contributed by atoms with van der Waals surface area (Å²) in [5, 5.41) is 3.88. The van der Waals surface area contributed by atoms with Gasteiger partial charge in [-0.1, -0.05) is 52.4 Å². The van der Waals surface area contributed by atoms with Gasteiger partial charge in [0, 0.05) is 11.1 Å². The maximum Gasteiger partial charge on any atom is 0.279 e. The molecule has 0 spiro atoms. The number of halogens is 3. The van der Waals surface area contributed by atoms with Gasteiger partial charge in [-0.25, -0.2) is 9.37 Å². The number of ether oxygens (including phenoxy) is 1. The molecule has 2 aromatic carbocycles. The van der Waals surface area contributed by atoms with Gasteiger partial charge < -0.3 is 10.1 Å². The van der Waals surface area contributed by atoms with Crippen LogP contribution in [-0.4, -0.2) is 16.4 Å². The summed E-state index contributed by atoms with van der Waals surface area (Å²) >= 11 is 13.2. The van der Waals surface area contributed by atoms with Crippen LogP contribution >= 0.6 is 34.5 Å². The van der Waals surface area contributed by atoms with Gasteiger partial charge in [-0.3, -0.25) is 4.79 Å². The smallest absolute Gasteiger partial charge is 0.279 e. The molecule has 1 heterocycles.